The van der Waals surface area contributed by atoms with Crippen LogP contribution in [-0.2, 0) is 0 Å². The van der Waals surface area contributed by atoms with Crippen molar-refractivity contribution in [2.45, 2.75) is 25.8 Å². The number of amides is 1. The normalized spacial score (nSPS) is 21.2. The van der Waals surface area contributed by atoms with Crippen LogP contribution in [0.4, 0.5) is 0 Å². The van der Waals surface area contributed by atoms with Gasteiger partial charge in [0.15, 0.2) is 0 Å². The largest absolute Gasteiger partial charge is 0.350 e. The predicted molar refractivity (Wildman–Crippen MR) is 61.2 cm³/mol. The van der Waals surface area contributed by atoms with Crippen molar-refractivity contribution in [3.05, 3.63) is 18.0 Å². The molecule has 2 rings (SSSR count). The lowest BCUT2D eigenvalue weighted by Crippen LogP contribution is -2.39. The Bertz CT molecular complexity index is 336. The third-order valence-electron chi connectivity index (χ3n) is 3.16. The molecule has 1 aromatic rings. The smallest absolute Gasteiger partial charge is 0.254 e. The topological polar surface area (TPSA) is 61.0 Å². The van der Waals surface area contributed by atoms with E-state index in [1.807, 2.05) is 0 Å². The summed E-state index contributed by atoms with van der Waals surface area (Å²) in [4.78, 5) is 14.1. The molecule has 1 aliphatic heterocycles. The van der Waals surface area contributed by atoms with Gasteiger partial charge in [-0.2, -0.15) is 5.10 Å². The lowest BCUT2D eigenvalue weighted by molar-refractivity contribution is 0.0941. The Morgan fingerprint density at radius 2 is 2.62 bits per heavy atom. The molecular weight excluding hydrogens is 204 g/mol. The molecule has 1 unspecified atom stereocenters. The van der Waals surface area contributed by atoms with Gasteiger partial charge < -0.3 is 5.32 Å². The van der Waals surface area contributed by atoms with Crippen LogP contribution in [0.25, 0.3) is 0 Å². The van der Waals surface area contributed by atoms with E-state index in [4.69, 9.17) is 0 Å². The van der Waals surface area contributed by atoms with Gasteiger partial charge in [0.2, 0.25) is 0 Å². The Hall–Kier alpha value is -1.36. The Labute approximate surface area is 95.2 Å². The van der Waals surface area contributed by atoms with Crippen molar-refractivity contribution < 1.29 is 4.79 Å². The Balaban J connectivity index is 1.81. The maximum Gasteiger partial charge on any atom is 0.254 e. The van der Waals surface area contributed by atoms with Crippen LogP contribution in [0.2, 0.25) is 0 Å². The van der Waals surface area contributed by atoms with Gasteiger partial charge >= 0.3 is 0 Å². The average molecular weight is 222 g/mol. The molecular formula is C11H18N4O. The highest BCUT2D eigenvalue weighted by atomic mass is 16.1. The number of H-pyrrole nitrogens is 1. The predicted octanol–water partition coefficient (Wildman–Crippen LogP) is 0.624. The minimum Gasteiger partial charge on any atom is -0.350 e. The molecule has 1 aromatic heterocycles. The second-order valence-electron chi connectivity index (χ2n) is 4.12. The Morgan fingerprint density at radius 3 is 3.31 bits per heavy atom. The highest BCUT2D eigenvalue weighted by Crippen LogP contribution is 2.15. The van der Waals surface area contributed by atoms with E-state index in [-0.39, 0.29) is 5.91 Å². The molecule has 2 heterocycles. The van der Waals surface area contributed by atoms with Crippen LogP contribution in [-0.4, -0.2) is 46.7 Å². The van der Waals surface area contributed by atoms with Crippen molar-refractivity contribution in [1.82, 2.24) is 20.4 Å². The summed E-state index contributed by atoms with van der Waals surface area (Å²) < 4.78 is 0. The highest BCUT2D eigenvalue weighted by molar-refractivity contribution is 5.93. The quantitative estimate of drug-likeness (QED) is 0.785. The molecule has 2 N–H and O–H groups in total. The zero-order valence-corrected chi connectivity index (χ0v) is 9.57. The second-order valence-corrected chi connectivity index (χ2v) is 4.12. The number of aromatic amines is 1. The van der Waals surface area contributed by atoms with Crippen LogP contribution in [0.5, 0.6) is 0 Å². The molecule has 1 atom stereocenters. The second kappa shape index (κ2) is 5.12. The molecule has 0 aliphatic carbocycles. The third-order valence-corrected chi connectivity index (χ3v) is 3.16. The van der Waals surface area contributed by atoms with Crippen molar-refractivity contribution >= 4 is 5.91 Å². The number of likely N-dealkylation sites (N-methyl/N-ethyl adjacent to an activating group) is 1. The number of nitrogens with zero attached hydrogens (tertiary/aromatic N) is 2. The number of carbonyl (C=O) groups excluding carboxylic acids is 1. The van der Waals surface area contributed by atoms with Crippen LogP contribution in [0, 0.1) is 0 Å². The standard InChI is InChI=1S/C11H18N4O/c1-2-15-5-3-4-10(15)8-12-11(16)9-6-13-14-7-9/h6-7,10H,2-5,8H2,1H3,(H,12,16)(H,13,14). The van der Waals surface area contributed by atoms with E-state index in [0.29, 0.717) is 11.6 Å². The van der Waals surface area contributed by atoms with E-state index >= 15 is 0 Å². The molecule has 0 saturated carbocycles. The average Bonchev–Trinajstić information content (AvgIpc) is 2.96. The van der Waals surface area contributed by atoms with E-state index in [9.17, 15) is 4.79 Å². The summed E-state index contributed by atoms with van der Waals surface area (Å²) >= 11 is 0. The van der Waals surface area contributed by atoms with Crippen molar-refractivity contribution in [1.29, 1.82) is 0 Å². The number of likely N-dealkylation sites (tertiary alicyclic amines) is 1. The van der Waals surface area contributed by atoms with Crippen LogP contribution in [0.3, 0.4) is 0 Å². The van der Waals surface area contributed by atoms with Crippen molar-refractivity contribution in [2.24, 2.45) is 0 Å². The maximum absolute atomic E-state index is 11.7. The highest BCUT2D eigenvalue weighted by Gasteiger charge is 2.23. The lowest BCUT2D eigenvalue weighted by Gasteiger charge is -2.22. The fourth-order valence-corrected chi connectivity index (χ4v) is 2.23. The first-order valence-corrected chi connectivity index (χ1v) is 5.82. The van der Waals surface area contributed by atoms with Gasteiger partial charge in [0.05, 0.1) is 11.8 Å². The van der Waals surface area contributed by atoms with E-state index in [1.165, 1.54) is 12.8 Å². The molecule has 1 saturated heterocycles. The number of hydrogen-bond donors (Lipinski definition) is 2. The molecule has 0 bridgehead atoms. The van der Waals surface area contributed by atoms with Crippen LogP contribution < -0.4 is 5.32 Å². The van der Waals surface area contributed by atoms with Gasteiger partial charge in [0.25, 0.3) is 5.91 Å². The van der Waals surface area contributed by atoms with Crippen LogP contribution >= 0.6 is 0 Å². The first-order valence-electron chi connectivity index (χ1n) is 5.82. The first kappa shape index (κ1) is 11.1. The molecule has 5 nitrogen and oxygen atoms in total. The molecule has 0 aromatic carbocycles. The summed E-state index contributed by atoms with van der Waals surface area (Å²) in [6, 6.07) is 0.501. The monoisotopic (exact) mass is 222 g/mol. The van der Waals surface area contributed by atoms with E-state index < -0.39 is 0 Å². The first-order chi connectivity index (χ1) is 7.81. The Kier molecular flexibility index (Phi) is 3.56. The van der Waals surface area contributed by atoms with Gasteiger partial charge in [-0.15, -0.1) is 0 Å². The molecule has 1 amide bonds. The number of hydrogen-bond acceptors (Lipinski definition) is 3. The molecule has 1 aliphatic rings. The van der Waals surface area contributed by atoms with E-state index in [2.05, 4.69) is 27.3 Å². The zero-order valence-electron chi connectivity index (χ0n) is 9.57. The third kappa shape index (κ3) is 2.41. The summed E-state index contributed by atoms with van der Waals surface area (Å²) in [5.41, 5.74) is 0.598. The number of rotatable bonds is 4. The number of aromatic nitrogens is 2. The number of nitrogens with one attached hydrogen (secondary N) is 2. The summed E-state index contributed by atoms with van der Waals surface area (Å²) in [5.74, 6) is -0.0447. The fourth-order valence-electron chi connectivity index (χ4n) is 2.23. The zero-order chi connectivity index (χ0) is 11.4. The molecule has 0 spiro atoms. The van der Waals surface area contributed by atoms with Crippen molar-refractivity contribution in [2.75, 3.05) is 19.6 Å². The molecule has 16 heavy (non-hydrogen) atoms. The number of carbonyl (C=O) groups is 1. The minimum atomic E-state index is -0.0447. The van der Waals surface area contributed by atoms with E-state index in [0.717, 1.165) is 19.6 Å². The molecule has 88 valence electrons. The minimum absolute atomic E-state index is 0.0447. The lowest BCUT2D eigenvalue weighted by atomic mass is 10.2. The van der Waals surface area contributed by atoms with Gasteiger partial charge in [0, 0.05) is 18.8 Å². The fraction of sp³-hybridized carbons (Fsp3) is 0.636. The summed E-state index contributed by atoms with van der Waals surface area (Å²) in [5, 5.41) is 9.35. The van der Waals surface area contributed by atoms with Gasteiger partial charge in [-0.25, -0.2) is 0 Å². The SMILES string of the molecule is CCN1CCCC1CNC(=O)c1cn[nH]c1. The van der Waals surface area contributed by atoms with Crippen molar-refractivity contribution in [3.8, 4) is 0 Å². The van der Waals surface area contributed by atoms with Crippen LogP contribution in [0.15, 0.2) is 12.4 Å². The van der Waals surface area contributed by atoms with Crippen molar-refractivity contribution in [3.63, 3.8) is 0 Å². The van der Waals surface area contributed by atoms with Gasteiger partial charge in [0.1, 0.15) is 0 Å². The summed E-state index contributed by atoms with van der Waals surface area (Å²) in [7, 11) is 0. The van der Waals surface area contributed by atoms with E-state index in [1.54, 1.807) is 12.4 Å². The molecule has 0 radical (unpaired) electrons. The maximum atomic E-state index is 11.7. The molecule has 5 heteroatoms. The van der Waals surface area contributed by atoms with Crippen LogP contribution in [0.1, 0.15) is 30.1 Å². The van der Waals surface area contributed by atoms with Gasteiger partial charge in [-0.3, -0.25) is 14.8 Å². The molecule has 1 fully saturated rings. The summed E-state index contributed by atoms with van der Waals surface area (Å²) in [6.07, 6.45) is 5.57. The Morgan fingerprint density at radius 1 is 1.75 bits per heavy atom. The summed E-state index contributed by atoms with van der Waals surface area (Å²) in [6.45, 7) is 5.11. The van der Waals surface area contributed by atoms with Gasteiger partial charge in [-0.05, 0) is 25.9 Å². The van der Waals surface area contributed by atoms with Gasteiger partial charge in [-0.1, -0.05) is 6.92 Å².